The van der Waals surface area contributed by atoms with E-state index in [1.165, 1.54) is 6.07 Å². The molecule has 0 aliphatic heterocycles. The third kappa shape index (κ3) is 2.06. The first kappa shape index (κ1) is 13.4. The molecular weight excluding hydrogens is 253 g/mol. The molecule has 0 saturated heterocycles. The van der Waals surface area contributed by atoms with Gasteiger partial charge in [0.05, 0.1) is 12.1 Å². The van der Waals surface area contributed by atoms with Crippen LogP contribution in [0, 0.1) is 12.7 Å². The minimum absolute atomic E-state index is 0.0507. The van der Waals surface area contributed by atoms with E-state index in [9.17, 15) is 9.50 Å². The third-order valence-corrected chi connectivity index (χ3v) is 4.36. The van der Waals surface area contributed by atoms with Gasteiger partial charge in [0.15, 0.2) is 0 Å². The number of fused-ring (bicyclic) bond motifs is 1. The quantitative estimate of drug-likeness (QED) is 0.881. The largest absolute Gasteiger partial charge is 0.388 e. The second-order valence-electron chi connectivity index (χ2n) is 5.66. The summed E-state index contributed by atoms with van der Waals surface area (Å²) in [5, 5.41) is 10.1. The molecule has 3 heteroatoms. The van der Waals surface area contributed by atoms with Gasteiger partial charge < -0.3 is 9.67 Å². The molecule has 2 nitrogen and oxygen atoms in total. The van der Waals surface area contributed by atoms with Gasteiger partial charge in [-0.25, -0.2) is 4.39 Å². The van der Waals surface area contributed by atoms with Crippen LogP contribution in [0.4, 0.5) is 4.39 Å². The lowest BCUT2D eigenvalue weighted by Gasteiger charge is -2.24. The highest BCUT2D eigenvalue weighted by atomic mass is 19.1. The molecule has 1 aromatic heterocycles. The van der Waals surface area contributed by atoms with Crippen LogP contribution >= 0.6 is 0 Å². The van der Waals surface area contributed by atoms with Crippen molar-refractivity contribution in [2.24, 2.45) is 0 Å². The highest BCUT2D eigenvalue weighted by Gasteiger charge is 2.26. The van der Waals surface area contributed by atoms with Crippen molar-refractivity contribution in [2.75, 3.05) is 0 Å². The lowest BCUT2D eigenvalue weighted by Crippen LogP contribution is -2.17. The zero-order valence-corrected chi connectivity index (χ0v) is 11.9. The Balaban J connectivity index is 2.09. The van der Waals surface area contributed by atoms with Crippen molar-refractivity contribution in [1.82, 2.24) is 4.57 Å². The van der Waals surface area contributed by atoms with E-state index in [0.717, 1.165) is 36.2 Å². The van der Waals surface area contributed by atoms with Gasteiger partial charge in [0.2, 0.25) is 0 Å². The maximum Gasteiger partial charge on any atom is 0.128 e. The fourth-order valence-corrected chi connectivity index (χ4v) is 3.39. The van der Waals surface area contributed by atoms with Crippen molar-refractivity contribution in [3.8, 4) is 0 Å². The molecule has 2 unspecified atom stereocenters. The third-order valence-electron chi connectivity index (χ3n) is 4.36. The molecule has 1 aromatic carbocycles. The van der Waals surface area contributed by atoms with Crippen molar-refractivity contribution in [3.05, 3.63) is 58.7 Å². The summed E-state index contributed by atoms with van der Waals surface area (Å²) in [4.78, 5) is 0. The molecule has 0 radical (unpaired) electrons. The van der Waals surface area contributed by atoms with Crippen LogP contribution in [0.25, 0.3) is 0 Å². The van der Waals surface area contributed by atoms with Gasteiger partial charge in [-0.3, -0.25) is 0 Å². The number of aliphatic hydroxyl groups is 1. The van der Waals surface area contributed by atoms with Crippen LogP contribution < -0.4 is 0 Å². The van der Waals surface area contributed by atoms with E-state index in [0.29, 0.717) is 5.56 Å². The number of aryl methyl sites for hydroxylation is 1. The number of hydrogen-bond donors (Lipinski definition) is 1. The van der Waals surface area contributed by atoms with Crippen molar-refractivity contribution in [3.63, 3.8) is 0 Å². The molecule has 3 rings (SSSR count). The fraction of sp³-hybridized carbons (Fsp3) is 0.412. The first-order chi connectivity index (χ1) is 9.59. The van der Waals surface area contributed by atoms with Crippen LogP contribution in [0.2, 0.25) is 0 Å². The van der Waals surface area contributed by atoms with E-state index in [1.54, 1.807) is 6.07 Å². The highest BCUT2D eigenvalue weighted by Crippen LogP contribution is 2.35. The van der Waals surface area contributed by atoms with Gasteiger partial charge in [-0.1, -0.05) is 18.2 Å². The van der Waals surface area contributed by atoms with Gasteiger partial charge in [0.1, 0.15) is 5.82 Å². The smallest absolute Gasteiger partial charge is 0.128 e. The Labute approximate surface area is 118 Å². The molecule has 0 spiro atoms. The summed E-state index contributed by atoms with van der Waals surface area (Å²) in [7, 11) is 0. The molecule has 1 aliphatic carbocycles. The summed E-state index contributed by atoms with van der Waals surface area (Å²) in [5.74, 6) is -0.168. The molecule has 0 saturated carbocycles. The Morgan fingerprint density at radius 2 is 2.10 bits per heavy atom. The van der Waals surface area contributed by atoms with E-state index in [2.05, 4.69) is 10.6 Å². The Bertz CT molecular complexity index is 632. The minimum Gasteiger partial charge on any atom is -0.388 e. The molecule has 1 N–H and O–H groups in total. The number of rotatable bonds is 2. The SMILES string of the molecule is Cc1cc2c(n1C(C)c1ccccc1F)CCCC2O. The Morgan fingerprint density at radius 3 is 2.85 bits per heavy atom. The maximum absolute atomic E-state index is 14.0. The fourth-order valence-electron chi connectivity index (χ4n) is 3.39. The number of benzene rings is 1. The van der Waals surface area contributed by atoms with Crippen LogP contribution in [0.1, 0.15) is 54.4 Å². The normalized spacial score (nSPS) is 19.7. The van der Waals surface area contributed by atoms with Gasteiger partial charge >= 0.3 is 0 Å². The minimum atomic E-state index is -0.369. The predicted octanol–water partition coefficient (Wildman–Crippen LogP) is 3.91. The highest BCUT2D eigenvalue weighted by molar-refractivity contribution is 5.34. The van der Waals surface area contributed by atoms with Crippen LogP contribution in [-0.4, -0.2) is 9.67 Å². The van der Waals surface area contributed by atoms with Crippen molar-refractivity contribution in [1.29, 1.82) is 0 Å². The predicted molar refractivity (Wildman–Crippen MR) is 77.3 cm³/mol. The Kier molecular flexibility index (Phi) is 3.38. The number of aromatic nitrogens is 1. The lowest BCUT2D eigenvalue weighted by molar-refractivity contribution is 0.155. The molecule has 2 aromatic rings. The average Bonchev–Trinajstić information content (AvgIpc) is 2.76. The zero-order chi connectivity index (χ0) is 14.3. The molecule has 0 fully saturated rings. The summed E-state index contributed by atoms with van der Waals surface area (Å²) in [6.45, 7) is 4.05. The van der Waals surface area contributed by atoms with Gasteiger partial charge in [-0.05, 0) is 45.2 Å². The average molecular weight is 273 g/mol. The van der Waals surface area contributed by atoms with E-state index in [-0.39, 0.29) is 18.0 Å². The monoisotopic (exact) mass is 273 g/mol. The summed E-state index contributed by atoms with van der Waals surface area (Å²) in [6.07, 6.45) is 2.40. The summed E-state index contributed by atoms with van der Waals surface area (Å²) >= 11 is 0. The van der Waals surface area contributed by atoms with Gasteiger partial charge in [0, 0.05) is 22.5 Å². The van der Waals surface area contributed by atoms with Crippen LogP contribution in [0.3, 0.4) is 0 Å². The molecule has 20 heavy (non-hydrogen) atoms. The molecule has 1 heterocycles. The molecule has 106 valence electrons. The standard InChI is InChI=1S/C17H20FNO/c1-11-10-14-16(8-5-9-17(14)20)19(11)12(2)13-6-3-4-7-15(13)18/h3-4,6-7,10,12,17,20H,5,8-9H2,1-2H3. The van der Waals surface area contributed by atoms with Crippen LogP contribution in [0.15, 0.2) is 30.3 Å². The van der Waals surface area contributed by atoms with E-state index in [1.807, 2.05) is 26.0 Å². The number of hydrogen-bond acceptors (Lipinski definition) is 1. The first-order valence-corrected chi connectivity index (χ1v) is 7.22. The maximum atomic E-state index is 14.0. The van der Waals surface area contributed by atoms with E-state index < -0.39 is 0 Å². The number of halogens is 1. The van der Waals surface area contributed by atoms with Crippen LogP contribution in [0.5, 0.6) is 0 Å². The second kappa shape index (κ2) is 5.06. The molecule has 0 amide bonds. The van der Waals surface area contributed by atoms with E-state index >= 15 is 0 Å². The number of nitrogens with zero attached hydrogens (tertiary/aromatic N) is 1. The Hall–Kier alpha value is -1.61. The number of aliphatic hydroxyl groups excluding tert-OH is 1. The lowest BCUT2D eigenvalue weighted by atomic mass is 9.94. The topological polar surface area (TPSA) is 25.2 Å². The molecular formula is C17H20FNO. The summed E-state index contributed by atoms with van der Waals surface area (Å²) < 4.78 is 16.2. The van der Waals surface area contributed by atoms with Crippen molar-refractivity contribution < 1.29 is 9.50 Å². The van der Waals surface area contributed by atoms with Crippen molar-refractivity contribution >= 4 is 0 Å². The molecule has 1 aliphatic rings. The van der Waals surface area contributed by atoms with Crippen LogP contribution in [-0.2, 0) is 6.42 Å². The second-order valence-corrected chi connectivity index (χ2v) is 5.66. The van der Waals surface area contributed by atoms with E-state index in [4.69, 9.17) is 0 Å². The van der Waals surface area contributed by atoms with Crippen molar-refractivity contribution in [2.45, 2.75) is 45.3 Å². The zero-order valence-electron chi connectivity index (χ0n) is 11.9. The molecule has 0 bridgehead atoms. The Morgan fingerprint density at radius 1 is 1.35 bits per heavy atom. The summed E-state index contributed by atoms with van der Waals surface area (Å²) in [6, 6.07) is 8.93. The first-order valence-electron chi connectivity index (χ1n) is 7.22. The summed E-state index contributed by atoms with van der Waals surface area (Å²) in [5.41, 5.74) is 3.98. The van der Waals surface area contributed by atoms with Gasteiger partial charge in [-0.15, -0.1) is 0 Å². The van der Waals surface area contributed by atoms with Gasteiger partial charge in [-0.2, -0.15) is 0 Å². The van der Waals surface area contributed by atoms with Gasteiger partial charge in [0.25, 0.3) is 0 Å². The molecule has 2 atom stereocenters.